The van der Waals surface area contributed by atoms with E-state index in [1.807, 2.05) is 6.07 Å². The van der Waals surface area contributed by atoms with Gasteiger partial charge in [-0.05, 0) is 38.5 Å². The molecule has 0 spiro atoms. The van der Waals surface area contributed by atoms with Crippen LogP contribution in [0, 0.1) is 6.92 Å². The topological polar surface area (TPSA) is 43.2 Å². The lowest BCUT2D eigenvalue weighted by molar-refractivity contribution is -0.00537. The highest BCUT2D eigenvalue weighted by Crippen LogP contribution is 2.37. The fourth-order valence-corrected chi connectivity index (χ4v) is 4.38. The van der Waals surface area contributed by atoms with Crippen molar-refractivity contribution >= 4 is 16.9 Å². The molecule has 0 N–H and O–H groups in total. The van der Waals surface area contributed by atoms with E-state index in [4.69, 9.17) is 14.7 Å². The van der Waals surface area contributed by atoms with Gasteiger partial charge in [0.25, 0.3) is 0 Å². The van der Waals surface area contributed by atoms with Crippen LogP contribution in [0.4, 0.5) is 5.82 Å². The molecule has 0 amide bonds. The van der Waals surface area contributed by atoms with Crippen molar-refractivity contribution < 1.29 is 4.74 Å². The molecule has 1 aliphatic heterocycles. The van der Waals surface area contributed by atoms with Crippen molar-refractivity contribution in [3.63, 3.8) is 0 Å². The smallest absolute Gasteiger partial charge is 0.150 e. The second-order valence-corrected chi connectivity index (χ2v) is 8.17. The van der Waals surface area contributed by atoms with E-state index in [1.165, 1.54) is 11.1 Å². The number of hydrogen-bond donors (Lipinski definition) is 0. The first-order chi connectivity index (χ1) is 14.6. The van der Waals surface area contributed by atoms with Gasteiger partial charge < -0.3 is 14.2 Å². The number of ether oxygens (including phenoxy) is 1. The molecule has 3 heterocycles. The first-order valence-electron chi connectivity index (χ1n) is 10.5. The molecule has 5 rings (SSSR count). The number of rotatable bonds is 3. The summed E-state index contributed by atoms with van der Waals surface area (Å²) in [7, 11) is 0. The fourth-order valence-electron chi connectivity index (χ4n) is 4.38. The van der Waals surface area contributed by atoms with Crippen LogP contribution >= 0.6 is 0 Å². The van der Waals surface area contributed by atoms with Gasteiger partial charge in [0.1, 0.15) is 12.1 Å². The molecule has 2 aromatic heterocycles. The molecule has 5 heteroatoms. The lowest BCUT2D eigenvalue weighted by Gasteiger charge is -2.36. The summed E-state index contributed by atoms with van der Waals surface area (Å²) in [5.74, 6) is 0.978. The molecular weight excluding hydrogens is 372 g/mol. The molecule has 4 aromatic rings. The van der Waals surface area contributed by atoms with Crippen molar-refractivity contribution in [1.29, 1.82) is 0 Å². The maximum atomic E-state index is 5.96. The quantitative estimate of drug-likeness (QED) is 0.487. The van der Waals surface area contributed by atoms with Crippen molar-refractivity contribution in [3.8, 4) is 16.8 Å². The summed E-state index contributed by atoms with van der Waals surface area (Å²) < 4.78 is 8.14. The third-order valence-corrected chi connectivity index (χ3v) is 5.68. The van der Waals surface area contributed by atoms with Crippen molar-refractivity contribution in [3.05, 3.63) is 72.7 Å². The van der Waals surface area contributed by atoms with Gasteiger partial charge in [-0.3, -0.25) is 0 Å². The van der Waals surface area contributed by atoms with Crippen LogP contribution in [-0.2, 0) is 4.74 Å². The molecule has 2 unspecified atom stereocenters. The number of nitrogens with zero attached hydrogens (tertiary/aromatic N) is 4. The van der Waals surface area contributed by atoms with E-state index in [0.717, 1.165) is 41.2 Å². The summed E-state index contributed by atoms with van der Waals surface area (Å²) >= 11 is 0. The Bertz CT molecular complexity index is 1160. The first kappa shape index (κ1) is 18.8. The predicted octanol–water partition coefficient (Wildman–Crippen LogP) is 5.01. The molecular formula is C25H26N4O. The minimum absolute atomic E-state index is 0.165. The molecule has 2 atom stereocenters. The van der Waals surface area contributed by atoms with E-state index in [2.05, 4.69) is 85.0 Å². The van der Waals surface area contributed by atoms with Gasteiger partial charge in [-0.2, -0.15) is 0 Å². The fraction of sp³-hybridized carbons (Fsp3) is 0.280. The van der Waals surface area contributed by atoms with Gasteiger partial charge in [0, 0.05) is 30.5 Å². The average Bonchev–Trinajstić information content (AvgIpc) is 3.14. The SMILES string of the molecule is Cc1ccc(-n2cc(-c3ccccc3)c3c(N4CC(C)OC(C)C4)ncnc32)cc1. The predicted molar refractivity (Wildman–Crippen MR) is 121 cm³/mol. The minimum atomic E-state index is 0.165. The molecule has 30 heavy (non-hydrogen) atoms. The van der Waals surface area contributed by atoms with Crippen LogP contribution in [0.5, 0.6) is 0 Å². The number of aromatic nitrogens is 3. The minimum Gasteiger partial charge on any atom is -0.372 e. The molecule has 1 aliphatic rings. The van der Waals surface area contributed by atoms with Crippen molar-refractivity contribution in [2.45, 2.75) is 33.0 Å². The molecule has 0 saturated carbocycles. The van der Waals surface area contributed by atoms with Crippen LogP contribution in [0.2, 0.25) is 0 Å². The summed E-state index contributed by atoms with van der Waals surface area (Å²) in [4.78, 5) is 11.8. The second-order valence-electron chi connectivity index (χ2n) is 8.17. The van der Waals surface area contributed by atoms with Crippen LogP contribution in [0.15, 0.2) is 67.1 Å². The van der Waals surface area contributed by atoms with Gasteiger partial charge >= 0.3 is 0 Å². The Morgan fingerprint density at radius 1 is 0.900 bits per heavy atom. The summed E-state index contributed by atoms with van der Waals surface area (Å²) in [5, 5.41) is 1.09. The van der Waals surface area contributed by atoms with Crippen molar-refractivity contribution in [2.24, 2.45) is 0 Å². The van der Waals surface area contributed by atoms with Gasteiger partial charge in [0.15, 0.2) is 5.65 Å². The molecule has 1 saturated heterocycles. The van der Waals surface area contributed by atoms with Crippen LogP contribution in [-0.4, -0.2) is 39.8 Å². The molecule has 0 aliphatic carbocycles. The maximum Gasteiger partial charge on any atom is 0.150 e. The summed E-state index contributed by atoms with van der Waals surface area (Å²) in [5.41, 5.74) is 5.58. The Balaban J connectivity index is 1.75. The largest absolute Gasteiger partial charge is 0.372 e. The van der Waals surface area contributed by atoms with Crippen LogP contribution in [0.25, 0.3) is 27.8 Å². The van der Waals surface area contributed by atoms with Gasteiger partial charge in [0.2, 0.25) is 0 Å². The van der Waals surface area contributed by atoms with Gasteiger partial charge in [-0.15, -0.1) is 0 Å². The highest BCUT2D eigenvalue weighted by atomic mass is 16.5. The zero-order chi connectivity index (χ0) is 20.7. The van der Waals surface area contributed by atoms with Crippen LogP contribution in [0.1, 0.15) is 19.4 Å². The molecule has 2 aromatic carbocycles. The number of morpholine rings is 1. The zero-order valence-corrected chi connectivity index (χ0v) is 17.6. The summed E-state index contributed by atoms with van der Waals surface area (Å²) in [6, 6.07) is 19.1. The maximum absolute atomic E-state index is 5.96. The number of aryl methyl sites for hydroxylation is 1. The molecule has 152 valence electrons. The molecule has 5 nitrogen and oxygen atoms in total. The number of hydrogen-bond acceptors (Lipinski definition) is 4. The highest BCUT2D eigenvalue weighted by molar-refractivity contribution is 6.02. The number of benzene rings is 2. The van der Waals surface area contributed by atoms with Gasteiger partial charge in [-0.1, -0.05) is 48.0 Å². The van der Waals surface area contributed by atoms with Crippen LogP contribution in [0.3, 0.4) is 0 Å². The van der Waals surface area contributed by atoms with Gasteiger partial charge in [-0.25, -0.2) is 9.97 Å². The molecule has 0 radical (unpaired) electrons. The Labute approximate surface area is 177 Å². The number of anilines is 1. The Morgan fingerprint density at radius 3 is 2.30 bits per heavy atom. The standard InChI is InChI=1S/C25H26N4O/c1-17-9-11-21(12-10-17)29-15-22(20-7-5-4-6-8-20)23-24(26-16-27-25(23)29)28-13-18(2)30-19(3)14-28/h4-12,15-16,18-19H,13-14H2,1-3H3. The Morgan fingerprint density at radius 2 is 1.60 bits per heavy atom. The third kappa shape index (κ3) is 3.35. The molecule has 1 fully saturated rings. The summed E-state index contributed by atoms with van der Waals surface area (Å²) in [6.07, 6.45) is 4.20. The first-order valence-corrected chi connectivity index (χ1v) is 10.5. The highest BCUT2D eigenvalue weighted by Gasteiger charge is 2.27. The van der Waals surface area contributed by atoms with Crippen molar-refractivity contribution in [2.75, 3.05) is 18.0 Å². The number of fused-ring (bicyclic) bond motifs is 1. The van der Waals surface area contributed by atoms with Gasteiger partial charge in [0.05, 0.1) is 17.6 Å². The van der Waals surface area contributed by atoms with E-state index >= 15 is 0 Å². The van der Waals surface area contributed by atoms with Crippen molar-refractivity contribution in [1.82, 2.24) is 14.5 Å². The van der Waals surface area contributed by atoms with E-state index in [-0.39, 0.29) is 12.2 Å². The summed E-state index contributed by atoms with van der Waals surface area (Å²) in [6.45, 7) is 7.99. The van der Waals surface area contributed by atoms with E-state index in [1.54, 1.807) is 6.33 Å². The lowest BCUT2D eigenvalue weighted by atomic mass is 10.1. The zero-order valence-electron chi connectivity index (χ0n) is 17.6. The average molecular weight is 399 g/mol. The lowest BCUT2D eigenvalue weighted by Crippen LogP contribution is -2.46. The van der Waals surface area contributed by atoms with E-state index in [9.17, 15) is 0 Å². The normalized spacial score (nSPS) is 19.4. The Hall–Kier alpha value is -3.18. The van der Waals surface area contributed by atoms with E-state index in [0.29, 0.717) is 0 Å². The molecule has 0 bridgehead atoms. The third-order valence-electron chi connectivity index (χ3n) is 5.68. The second kappa shape index (κ2) is 7.58. The monoisotopic (exact) mass is 398 g/mol. The Kier molecular flexibility index (Phi) is 4.75. The van der Waals surface area contributed by atoms with Crippen LogP contribution < -0.4 is 4.90 Å². The van der Waals surface area contributed by atoms with E-state index < -0.39 is 0 Å².